The molecule has 2 unspecified atom stereocenters. The molecule has 0 saturated carbocycles. The molecule has 1 aliphatic rings. The summed E-state index contributed by atoms with van der Waals surface area (Å²) in [5.74, 6) is -1.06. The molecular formula is C11H19NO5. The van der Waals surface area contributed by atoms with Crippen LogP contribution in [0.1, 0.15) is 33.6 Å². The Labute approximate surface area is 100 Å². The van der Waals surface area contributed by atoms with Crippen molar-refractivity contribution in [3.8, 4) is 0 Å². The maximum atomic E-state index is 11.4. The Morgan fingerprint density at radius 3 is 2.53 bits per heavy atom. The van der Waals surface area contributed by atoms with E-state index in [-0.39, 0.29) is 6.10 Å². The fourth-order valence-corrected chi connectivity index (χ4v) is 1.29. The van der Waals surface area contributed by atoms with Gasteiger partial charge in [-0.15, -0.1) is 0 Å². The van der Waals surface area contributed by atoms with Gasteiger partial charge in [-0.05, 0) is 33.6 Å². The van der Waals surface area contributed by atoms with Crippen LogP contribution in [0.15, 0.2) is 0 Å². The molecule has 0 aliphatic carbocycles. The predicted molar refractivity (Wildman–Crippen MR) is 59.8 cm³/mol. The Balaban J connectivity index is 2.36. The lowest BCUT2D eigenvalue weighted by Gasteiger charge is -2.21. The van der Waals surface area contributed by atoms with Gasteiger partial charge in [-0.2, -0.15) is 0 Å². The fraction of sp³-hybridized carbons (Fsp3) is 0.818. The van der Waals surface area contributed by atoms with Gasteiger partial charge in [0.15, 0.2) is 0 Å². The molecule has 0 spiro atoms. The van der Waals surface area contributed by atoms with E-state index in [9.17, 15) is 9.59 Å². The van der Waals surface area contributed by atoms with E-state index in [0.29, 0.717) is 19.4 Å². The normalized spacial score (nSPS) is 20.5. The van der Waals surface area contributed by atoms with Gasteiger partial charge in [0.1, 0.15) is 11.6 Å². The van der Waals surface area contributed by atoms with Crippen LogP contribution in [0, 0.1) is 0 Å². The maximum absolute atomic E-state index is 11.4. The average Bonchev–Trinajstić information content (AvgIpc) is 2.91. The largest absolute Gasteiger partial charge is 0.480 e. The summed E-state index contributed by atoms with van der Waals surface area (Å²) in [5.41, 5.74) is -0.632. The molecule has 6 nitrogen and oxygen atoms in total. The second kappa shape index (κ2) is 5.35. The number of ether oxygens (including phenoxy) is 2. The zero-order chi connectivity index (χ0) is 13.1. The van der Waals surface area contributed by atoms with Gasteiger partial charge in [-0.25, -0.2) is 9.59 Å². The maximum Gasteiger partial charge on any atom is 0.408 e. The van der Waals surface area contributed by atoms with E-state index in [4.69, 9.17) is 14.6 Å². The van der Waals surface area contributed by atoms with Crippen LogP contribution in [-0.2, 0) is 14.3 Å². The number of rotatable bonds is 5. The predicted octanol–water partition coefficient (Wildman–Crippen LogP) is 1.14. The van der Waals surface area contributed by atoms with Crippen molar-refractivity contribution in [1.29, 1.82) is 0 Å². The van der Waals surface area contributed by atoms with Crippen LogP contribution < -0.4 is 5.32 Å². The van der Waals surface area contributed by atoms with Crippen LogP contribution in [0.5, 0.6) is 0 Å². The average molecular weight is 245 g/mol. The molecule has 0 radical (unpaired) electrons. The quantitative estimate of drug-likeness (QED) is 0.709. The fourth-order valence-electron chi connectivity index (χ4n) is 1.29. The van der Waals surface area contributed by atoms with Gasteiger partial charge in [0.25, 0.3) is 0 Å². The summed E-state index contributed by atoms with van der Waals surface area (Å²) in [5, 5.41) is 11.3. The third-order valence-electron chi connectivity index (χ3n) is 2.17. The van der Waals surface area contributed by atoms with Crippen LogP contribution in [0.25, 0.3) is 0 Å². The zero-order valence-corrected chi connectivity index (χ0v) is 10.4. The van der Waals surface area contributed by atoms with E-state index in [1.807, 2.05) is 0 Å². The Kier molecular flexibility index (Phi) is 4.34. The number of carboxylic acids is 1. The molecule has 1 heterocycles. The molecule has 2 N–H and O–H groups in total. The monoisotopic (exact) mass is 245 g/mol. The van der Waals surface area contributed by atoms with Gasteiger partial charge in [0, 0.05) is 0 Å². The summed E-state index contributed by atoms with van der Waals surface area (Å²) in [7, 11) is 0. The summed E-state index contributed by atoms with van der Waals surface area (Å²) in [6.07, 6.45) is 0.422. The lowest BCUT2D eigenvalue weighted by molar-refractivity contribution is -0.139. The first kappa shape index (κ1) is 13.8. The molecule has 1 rings (SSSR count). The molecule has 0 bridgehead atoms. The Morgan fingerprint density at radius 1 is 1.53 bits per heavy atom. The van der Waals surface area contributed by atoms with Crippen LogP contribution in [0.4, 0.5) is 4.79 Å². The van der Waals surface area contributed by atoms with E-state index in [0.717, 1.165) is 0 Å². The first-order valence-electron chi connectivity index (χ1n) is 5.62. The first-order chi connectivity index (χ1) is 7.78. The minimum atomic E-state index is -1.06. The number of nitrogens with one attached hydrogen (secondary N) is 1. The van der Waals surface area contributed by atoms with E-state index >= 15 is 0 Å². The first-order valence-corrected chi connectivity index (χ1v) is 5.62. The van der Waals surface area contributed by atoms with Gasteiger partial charge < -0.3 is 19.9 Å². The molecule has 6 heteroatoms. The molecule has 98 valence electrons. The number of epoxide rings is 1. The number of carbonyl (C=O) groups excluding carboxylic acids is 1. The number of amides is 1. The molecule has 0 aromatic carbocycles. The molecule has 1 saturated heterocycles. The smallest absolute Gasteiger partial charge is 0.408 e. The van der Waals surface area contributed by atoms with Crippen LogP contribution >= 0.6 is 0 Å². The highest BCUT2D eigenvalue weighted by atomic mass is 16.6. The Bertz CT molecular complexity index is 293. The summed E-state index contributed by atoms with van der Waals surface area (Å²) in [4.78, 5) is 22.3. The van der Waals surface area contributed by atoms with E-state index < -0.39 is 23.7 Å². The van der Waals surface area contributed by atoms with Crippen LogP contribution in [0.2, 0.25) is 0 Å². The molecule has 1 fully saturated rings. The zero-order valence-electron chi connectivity index (χ0n) is 10.4. The Hall–Kier alpha value is -1.30. The molecule has 1 aliphatic heterocycles. The van der Waals surface area contributed by atoms with Crippen molar-refractivity contribution in [2.24, 2.45) is 0 Å². The number of carbonyl (C=O) groups is 2. The SMILES string of the molecule is CC(C)(C)OC(=O)NC(CCC1CO1)C(=O)O. The second-order valence-electron chi connectivity index (χ2n) is 5.07. The highest BCUT2D eigenvalue weighted by Gasteiger charge is 2.28. The van der Waals surface area contributed by atoms with E-state index in [2.05, 4.69) is 5.32 Å². The molecule has 2 atom stereocenters. The molecule has 1 amide bonds. The summed E-state index contributed by atoms with van der Waals surface area (Å²) in [6.45, 7) is 5.85. The third kappa shape index (κ3) is 6.11. The minimum absolute atomic E-state index is 0.150. The number of alkyl carbamates (subject to hydrolysis) is 1. The topological polar surface area (TPSA) is 88.2 Å². The van der Waals surface area contributed by atoms with Crippen LogP contribution in [-0.4, -0.2) is 41.5 Å². The highest BCUT2D eigenvalue weighted by molar-refractivity contribution is 5.79. The third-order valence-corrected chi connectivity index (χ3v) is 2.17. The minimum Gasteiger partial charge on any atom is -0.480 e. The van der Waals surface area contributed by atoms with Crippen molar-refractivity contribution in [2.75, 3.05) is 6.61 Å². The number of hydrogen-bond acceptors (Lipinski definition) is 4. The van der Waals surface area contributed by atoms with E-state index in [1.54, 1.807) is 20.8 Å². The lowest BCUT2D eigenvalue weighted by Crippen LogP contribution is -2.43. The number of hydrogen-bond donors (Lipinski definition) is 2. The summed E-state index contributed by atoms with van der Waals surface area (Å²) >= 11 is 0. The van der Waals surface area contributed by atoms with Crippen molar-refractivity contribution in [1.82, 2.24) is 5.32 Å². The van der Waals surface area contributed by atoms with Crippen molar-refractivity contribution >= 4 is 12.1 Å². The van der Waals surface area contributed by atoms with Crippen molar-refractivity contribution in [3.63, 3.8) is 0 Å². The van der Waals surface area contributed by atoms with Crippen molar-refractivity contribution in [2.45, 2.75) is 51.4 Å². The van der Waals surface area contributed by atoms with Crippen molar-refractivity contribution < 1.29 is 24.2 Å². The number of carboxylic acid groups (broad SMARTS) is 1. The lowest BCUT2D eigenvalue weighted by atomic mass is 10.1. The van der Waals surface area contributed by atoms with Gasteiger partial charge in [0.2, 0.25) is 0 Å². The standard InChI is InChI=1S/C11H19NO5/c1-11(2,3)17-10(15)12-8(9(13)14)5-4-7-6-16-7/h7-8H,4-6H2,1-3H3,(H,12,15)(H,13,14). The van der Waals surface area contributed by atoms with E-state index in [1.165, 1.54) is 0 Å². The van der Waals surface area contributed by atoms with Crippen molar-refractivity contribution in [3.05, 3.63) is 0 Å². The van der Waals surface area contributed by atoms with Gasteiger partial charge in [-0.1, -0.05) is 0 Å². The van der Waals surface area contributed by atoms with Gasteiger partial charge >= 0.3 is 12.1 Å². The van der Waals surface area contributed by atoms with Gasteiger partial charge in [-0.3, -0.25) is 0 Å². The van der Waals surface area contributed by atoms with Crippen LogP contribution in [0.3, 0.4) is 0 Å². The number of aliphatic carboxylic acids is 1. The molecule has 0 aromatic heterocycles. The molecular weight excluding hydrogens is 226 g/mol. The highest BCUT2D eigenvalue weighted by Crippen LogP contribution is 2.17. The Morgan fingerprint density at radius 2 is 2.12 bits per heavy atom. The summed E-state index contributed by atoms with van der Waals surface area (Å²) in [6, 6.07) is -0.922. The second-order valence-corrected chi connectivity index (χ2v) is 5.07. The van der Waals surface area contributed by atoms with Gasteiger partial charge in [0.05, 0.1) is 12.7 Å². The summed E-state index contributed by atoms with van der Waals surface area (Å²) < 4.78 is 9.98. The molecule has 17 heavy (non-hydrogen) atoms. The molecule has 0 aromatic rings.